The number of benzene rings is 2. The Bertz CT molecular complexity index is 650. The topological polar surface area (TPSA) is 16.1 Å². The van der Waals surface area contributed by atoms with Gasteiger partial charge in [-0.1, -0.05) is 36.4 Å². The first-order chi connectivity index (χ1) is 8.81. The molecule has 1 aromatic heterocycles. The Labute approximate surface area is 107 Å². The van der Waals surface area contributed by atoms with Crippen LogP contribution >= 0.6 is 0 Å². The summed E-state index contributed by atoms with van der Waals surface area (Å²) in [5, 5.41) is 2.45. The van der Waals surface area contributed by atoms with E-state index in [2.05, 4.69) is 55.3 Å². The number of pyridine rings is 1. The summed E-state index contributed by atoms with van der Waals surface area (Å²) in [4.78, 5) is 7.01. The van der Waals surface area contributed by atoms with Crippen LogP contribution in [0.25, 0.3) is 21.8 Å². The maximum absolute atomic E-state index is 4.73. The third kappa shape index (κ3) is 1.61. The van der Waals surface area contributed by atoms with E-state index in [-0.39, 0.29) is 0 Å². The Hall–Kier alpha value is -2.09. The summed E-state index contributed by atoms with van der Waals surface area (Å²) in [6.07, 6.45) is 0. The van der Waals surface area contributed by atoms with Crippen LogP contribution in [0.1, 0.15) is 6.92 Å². The second-order valence-corrected chi connectivity index (χ2v) is 4.51. The molecule has 0 aliphatic rings. The highest BCUT2D eigenvalue weighted by Crippen LogP contribution is 2.32. The van der Waals surface area contributed by atoms with Gasteiger partial charge >= 0.3 is 0 Å². The van der Waals surface area contributed by atoms with Gasteiger partial charge in [-0.05, 0) is 19.1 Å². The number of para-hydroxylation sites is 2. The first-order valence-electron chi connectivity index (χ1n) is 6.30. The van der Waals surface area contributed by atoms with Gasteiger partial charge in [-0.2, -0.15) is 0 Å². The van der Waals surface area contributed by atoms with Gasteiger partial charge in [0, 0.05) is 24.4 Å². The van der Waals surface area contributed by atoms with Crippen molar-refractivity contribution in [1.29, 1.82) is 0 Å². The summed E-state index contributed by atoms with van der Waals surface area (Å²) in [7, 11) is 2.13. The summed E-state index contributed by atoms with van der Waals surface area (Å²) < 4.78 is 0. The zero-order chi connectivity index (χ0) is 12.5. The third-order valence-corrected chi connectivity index (χ3v) is 3.42. The Kier molecular flexibility index (Phi) is 2.63. The summed E-state index contributed by atoms with van der Waals surface area (Å²) in [5.74, 6) is 0. The molecule has 2 aromatic carbocycles. The standard InChI is InChI=1S/C16H16N2/c1-3-18(2)16-12-8-4-6-10-14(12)17-15-11-7-5-9-13(15)16/h4-11H,3H2,1-2H3. The highest BCUT2D eigenvalue weighted by Gasteiger charge is 2.10. The fourth-order valence-corrected chi connectivity index (χ4v) is 2.39. The third-order valence-electron chi connectivity index (χ3n) is 3.42. The Balaban J connectivity index is 2.49. The van der Waals surface area contributed by atoms with Crippen molar-refractivity contribution in [2.45, 2.75) is 6.92 Å². The lowest BCUT2D eigenvalue weighted by Crippen LogP contribution is -2.16. The molecule has 0 aliphatic heterocycles. The minimum Gasteiger partial charge on any atom is -0.374 e. The summed E-state index contributed by atoms with van der Waals surface area (Å²) in [6, 6.07) is 16.7. The minimum absolute atomic E-state index is 0.984. The van der Waals surface area contributed by atoms with Gasteiger partial charge in [-0.3, -0.25) is 0 Å². The minimum atomic E-state index is 0.984. The van der Waals surface area contributed by atoms with Gasteiger partial charge in [-0.25, -0.2) is 4.98 Å². The molecule has 2 nitrogen and oxygen atoms in total. The van der Waals surface area contributed by atoms with Crippen LogP contribution in [0.3, 0.4) is 0 Å². The average Bonchev–Trinajstić information content (AvgIpc) is 2.44. The Morgan fingerprint density at radius 2 is 1.39 bits per heavy atom. The number of aromatic nitrogens is 1. The molecular weight excluding hydrogens is 220 g/mol. The summed E-state index contributed by atoms with van der Waals surface area (Å²) in [6.45, 7) is 3.15. The molecule has 90 valence electrons. The van der Waals surface area contributed by atoms with Crippen molar-refractivity contribution in [3.8, 4) is 0 Å². The molecule has 0 saturated heterocycles. The van der Waals surface area contributed by atoms with Crippen molar-refractivity contribution < 1.29 is 0 Å². The van der Waals surface area contributed by atoms with E-state index in [4.69, 9.17) is 4.98 Å². The number of anilines is 1. The molecule has 0 amide bonds. The van der Waals surface area contributed by atoms with E-state index in [1.807, 2.05) is 12.1 Å². The van der Waals surface area contributed by atoms with Gasteiger partial charge in [0.15, 0.2) is 0 Å². The second kappa shape index (κ2) is 4.30. The van der Waals surface area contributed by atoms with Crippen molar-refractivity contribution >= 4 is 27.5 Å². The number of hydrogen-bond acceptors (Lipinski definition) is 2. The van der Waals surface area contributed by atoms with E-state index in [0.717, 1.165) is 17.6 Å². The fraction of sp³-hybridized carbons (Fsp3) is 0.188. The van der Waals surface area contributed by atoms with Crippen LogP contribution in [0.4, 0.5) is 5.69 Å². The van der Waals surface area contributed by atoms with Gasteiger partial charge < -0.3 is 4.90 Å². The van der Waals surface area contributed by atoms with Gasteiger partial charge in [0.1, 0.15) is 0 Å². The molecule has 0 N–H and O–H groups in total. The summed E-state index contributed by atoms with van der Waals surface area (Å²) >= 11 is 0. The average molecular weight is 236 g/mol. The smallest absolute Gasteiger partial charge is 0.0730 e. The van der Waals surface area contributed by atoms with Gasteiger partial charge in [0.25, 0.3) is 0 Å². The van der Waals surface area contributed by atoms with Gasteiger partial charge in [0.2, 0.25) is 0 Å². The molecule has 0 aliphatic carbocycles. The normalized spacial score (nSPS) is 11.0. The molecule has 0 radical (unpaired) electrons. The Morgan fingerprint density at radius 3 is 1.89 bits per heavy atom. The van der Waals surface area contributed by atoms with Crippen LogP contribution in [0.5, 0.6) is 0 Å². The van der Waals surface area contributed by atoms with Crippen molar-refractivity contribution in [2.75, 3.05) is 18.5 Å². The van der Waals surface area contributed by atoms with Crippen molar-refractivity contribution in [1.82, 2.24) is 4.98 Å². The quantitative estimate of drug-likeness (QED) is 0.628. The Morgan fingerprint density at radius 1 is 0.889 bits per heavy atom. The molecule has 18 heavy (non-hydrogen) atoms. The molecule has 0 fully saturated rings. The van der Waals surface area contributed by atoms with Crippen LogP contribution in [-0.4, -0.2) is 18.6 Å². The number of rotatable bonds is 2. The van der Waals surface area contributed by atoms with E-state index >= 15 is 0 Å². The molecule has 0 unspecified atom stereocenters. The SMILES string of the molecule is CCN(C)c1c2ccccc2nc2ccccc12. The second-order valence-electron chi connectivity index (χ2n) is 4.51. The molecule has 1 heterocycles. The highest BCUT2D eigenvalue weighted by atomic mass is 15.1. The molecule has 0 bridgehead atoms. The maximum Gasteiger partial charge on any atom is 0.0730 e. The number of hydrogen-bond donors (Lipinski definition) is 0. The van der Waals surface area contributed by atoms with Gasteiger partial charge in [0.05, 0.1) is 16.7 Å². The molecule has 0 spiro atoms. The van der Waals surface area contributed by atoms with Crippen LogP contribution < -0.4 is 4.90 Å². The van der Waals surface area contributed by atoms with Crippen LogP contribution in [0, 0.1) is 0 Å². The molecule has 3 rings (SSSR count). The first-order valence-corrected chi connectivity index (χ1v) is 6.30. The van der Waals surface area contributed by atoms with Crippen LogP contribution in [0.15, 0.2) is 48.5 Å². The predicted molar refractivity (Wildman–Crippen MR) is 78.2 cm³/mol. The molecule has 0 saturated carbocycles. The van der Waals surface area contributed by atoms with Crippen LogP contribution in [0.2, 0.25) is 0 Å². The molecule has 3 aromatic rings. The largest absolute Gasteiger partial charge is 0.374 e. The van der Waals surface area contributed by atoms with Crippen molar-refractivity contribution in [3.05, 3.63) is 48.5 Å². The van der Waals surface area contributed by atoms with E-state index in [0.29, 0.717) is 0 Å². The van der Waals surface area contributed by atoms with Crippen LogP contribution in [-0.2, 0) is 0 Å². The lowest BCUT2D eigenvalue weighted by atomic mass is 10.1. The lowest BCUT2D eigenvalue weighted by molar-refractivity contribution is 0.978. The zero-order valence-corrected chi connectivity index (χ0v) is 10.7. The molecule has 0 atom stereocenters. The highest BCUT2D eigenvalue weighted by molar-refractivity contribution is 6.07. The molecular formula is C16H16N2. The van der Waals surface area contributed by atoms with Gasteiger partial charge in [-0.15, -0.1) is 0 Å². The monoisotopic (exact) mass is 236 g/mol. The van der Waals surface area contributed by atoms with E-state index in [1.54, 1.807) is 0 Å². The van der Waals surface area contributed by atoms with E-state index < -0.39 is 0 Å². The first kappa shape index (κ1) is 11.0. The van der Waals surface area contributed by atoms with E-state index in [9.17, 15) is 0 Å². The summed E-state index contributed by atoms with van der Waals surface area (Å²) in [5.41, 5.74) is 3.40. The number of fused-ring (bicyclic) bond motifs is 2. The predicted octanol–water partition coefficient (Wildman–Crippen LogP) is 3.84. The zero-order valence-electron chi connectivity index (χ0n) is 10.7. The van der Waals surface area contributed by atoms with Crippen molar-refractivity contribution in [3.63, 3.8) is 0 Å². The van der Waals surface area contributed by atoms with Crippen molar-refractivity contribution in [2.24, 2.45) is 0 Å². The fourth-order valence-electron chi connectivity index (χ4n) is 2.39. The molecule has 2 heteroatoms. The maximum atomic E-state index is 4.73. The number of nitrogens with zero attached hydrogens (tertiary/aromatic N) is 2. The lowest BCUT2D eigenvalue weighted by Gasteiger charge is -2.21. The van der Waals surface area contributed by atoms with E-state index in [1.165, 1.54) is 16.5 Å².